The highest BCUT2D eigenvalue weighted by molar-refractivity contribution is 6.68. The van der Waals surface area contributed by atoms with Gasteiger partial charge in [0.05, 0.1) is 6.61 Å². The lowest BCUT2D eigenvalue weighted by Gasteiger charge is -2.29. The van der Waals surface area contributed by atoms with Crippen molar-refractivity contribution in [3.63, 3.8) is 0 Å². The summed E-state index contributed by atoms with van der Waals surface area (Å²) in [5.41, 5.74) is 5.71. The van der Waals surface area contributed by atoms with Gasteiger partial charge < -0.3 is 0 Å². The van der Waals surface area contributed by atoms with E-state index in [4.69, 9.17) is 11.3 Å². The number of aliphatic imine (C=N–C) groups is 1. The molecule has 3 amide bonds. The lowest BCUT2D eigenvalue weighted by atomic mass is 10.2. The second-order valence-corrected chi connectivity index (χ2v) is 4.89. The Morgan fingerprint density at radius 3 is 2.96 bits per heavy atom. The number of nitrogens with one attached hydrogen (secondary N) is 2. The number of hydroxylamine groups is 1. The van der Waals surface area contributed by atoms with Crippen LogP contribution in [0.5, 0.6) is 0 Å². The molecule has 3 rings (SSSR count). The van der Waals surface area contributed by atoms with Gasteiger partial charge in [-0.3, -0.25) is 19.5 Å². The molecule has 0 spiro atoms. The number of carbonyl (C=O) groups excluding carboxylic acids is 2. The molecule has 0 saturated heterocycles. The van der Waals surface area contributed by atoms with Crippen LogP contribution in [0.4, 0.5) is 4.79 Å². The summed E-state index contributed by atoms with van der Waals surface area (Å²) in [5.74, 6) is 1.89. The smallest absolute Gasteiger partial charge is 0.269 e. The van der Waals surface area contributed by atoms with Crippen LogP contribution in [0.25, 0.3) is 0 Å². The number of nitrogens with zero attached hydrogens (tertiary/aromatic N) is 4. The maximum absolute atomic E-state index is 12.1. The molecule has 0 atom stereocenters. The number of rotatable bonds is 5. The number of hydrogen-bond acceptors (Lipinski definition) is 6. The molecule has 0 unspecified atom stereocenters. The highest BCUT2D eigenvalue weighted by Gasteiger charge is 2.38. The van der Waals surface area contributed by atoms with Crippen LogP contribution in [-0.2, 0) is 16.2 Å². The second kappa shape index (κ2) is 6.80. The Bertz CT molecular complexity index is 752. The summed E-state index contributed by atoms with van der Waals surface area (Å²) in [6.45, 7) is 0.263. The van der Waals surface area contributed by atoms with E-state index in [-0.39, 0.29) is 31.4 Å². The summed E-state index contributed by atoms with van der Waals surface area (Å²) in [4.78, 5) is 34.7. The molecule has 9 nitrogen and oxygen atoms in total. The van der Waals surface area contributed by atoms with E-state index in [1.165, 1.54) is 4.90 Å². The summed E-state index contributed by atoms with van der Waals surface area (Å²) in [7, 11) is 0. The number of amidine groups is 1. The van der Waals surface area contributed by atoms with E-state index in [0.717, 1.165) is 10.6 Å². The largest absolute Gasteiger partial charge is 0.348 e. The van der Waals surface area contributed by atoms with Crippen LogP contribution in [0.2, 0.25) is 0 Å². The predicted molar refractivity (Wildman–Crippen MR) is 85.0 cm³/mol. The van der Waals surface area contributed by atoms with Gasteiger partial charge in [0, 0.05) is 0 Å². The Kier molecular flexibility index (Phi) is 4.40. The summed E-state index contributed by atoms with van der Waals surface area (Å²) in [5, 5.41) is 5.11. The normalized spacial score (nSPS) is 15.9. The monoisotopic (exact) mass is 326 g/mol. The third-order valence-corrected chi connectivity index (χ3v) is 3.29. The van der Waals surface area contributed by atoms with Gasteiger partial charge in [-0.05, 0) is 5.56 Å². The van der Waals surface area contributed by atoms with Crippen molar-refractivity contribution >= 4 is 23.5 Å². The van der Waals surface area contributed by atoms with Crippen molar-refractivity contribution < 1.29 is 14.4 Å². The lowest BCUT2D eigenvalue weighted by Crippen LogP contribution is -2.56. The highest BCUT2D eigenvalue weighted by atomic mass is 16.6. The van der Waals surface area contributed by atoms with Crippen LogP contribution >= 0.6 is 0 Å². The van der Waals surface area contributed by atoms with Crippen LogP contribution in [0.15, 0.2) is 40.4 Å². The van der Waals surface area contributed by atoms with E-state index in [1.807, 2.05) is 30.3 Å². The number of amides is 3. The molecule has 2 aliphatic rings. The SMILES string of the molecule is C#CCN1NN=C2C(C(=O)NOCc3ccccc3)=NCN2C1=O. The van der Waals surface area contributed by atoms with Gasteiger partial charge in [-0.15, -0.1) is 11.5 Å². The third-order valence-electron chi connectivity index (χ3n) is 3.29. The molecular formula is C15H14N6O3. The second-order valence-electron chi connectivity index (χ2n) is 4.89. The number of hydrogen-bond donors (Lipinski definition) is 2. The standard InChI is InChI=1S/C15H14N6O3/c1-2-8-21-15(23)20-10-16-12(13(20)17-19-21)14(22)18-24-9-11-6-4-3-5-7-11/h1,3-7,19H,8-10H2,(H,18,22). The average molecular weight is 326 g/mol. The van der Waals surface area contributed by atoms with Crippen LogP contribution in [0, 0.1) is 12.3 Å². The van der Waals surface area contributed by atoms with Crippen molar-refractivity contribution in [2.45, 2.75) is 6.61 Å². The van der Waals surface area contributed by atoms with E-state index < -0.39 is 11.9 Å². The molecule has 0 radical (unpaired) electrons. The number of fused-ring (bicyclic) bond motifs is 1. The molecule has 24 heavy (non-hydrogen) atoms. The minimum Gasteiger partial charge on any atom is -0.269 e. The quantitative estimate of drug-likeness (QED) is 0.580. The fraction of sp³-hybridized carbons (Fsp3) is 0.200. The molecule has 0 aliphatic carbocycles. The minimum atomic E-state index is -0.577. The maximum Gasteiger partial charge on any atom is 0.348 e. The molecule has 2 aliphatic heterocycles. The number of hydrazine groups is 1. The molecule has 0 saturated carbocycles. The number of hydrazone groups is 1. The Labute approximate surface area is 137 Å². The summed E-state index contributed by atoms with van der Waals surface area (Å²) < 4.78 is 0. The predicted octanol–water partition coefficient (Wildman–Crippen LogP) is -0.165. The lowest BCUT2D eigenvalue weighted by molar-refractivity contribution is -0.127. The molecule has 2 heterocycles. The van der Waals surface area contributed by atoms with Gasteiger partial charge in [-0.25, -0.2) is 20.8 Å². The number of urea groups is 1. The minimum absolute atomic E-state index is 0.00184. The fourth-order valence-electron chi connectivity index (χ4n) is 2.14. The molecule has 0 fully saturated rings. The van der Waals surface area contributed by atoms with Gasteiger partial charge in [0.2, 0.25) is 0 Å². The Morgan fingerprint density at radius 2 is 2.21 bits per heavy atom. The van der Waals surface area contributed by atoms with Crippen molar-refractivity contribution in [3.8, 4) is 12.3 Å². The van der Waals surface area contributed by atoms with Gasteiger partial charge >= 0.3 is 6.03 Å². The zero-order valence-electron chi connectivity index (χ0n) is 12.6. The van der Waals surface area contributed by atoms with Crippen LogP contribution in [0.1, 0.15) is 5.56 Å². The Balaban J connectivity index is 1.58. The first-order valence-electron chi connectivity index (χ1n) is 7.07. The van der Waals surface area contributed by atoms with Crippen LogP contribution in [-0.4, -0.2) is 46.6 Å². The Morgan fingerprint density at radius 1 is 1.42 bits per heavy atom. The molecule has 9 heteroatoms. The van der Waals surface area contributed by atoms with E-state index in [0.29, 0.717) is 0 Å². The molecule has 1 aromatic carbocycles. The molecule has 2 N–H and O–H groups in total. The van der Waals surface area contributed by atoms with Crippen molar-refractivity contribution in [1.82, 2.24) is 20.9 Å². The zero-order chi connectivity index (χ0) is 16.9. The zero-order valence-corrected chi connectivity index (χ0v) is 12.6. The molecule has 1 aromatic rings. The maximum atomic E-state index is 12.1. The molecule has 0 bridgehead atoms. The van der Waals surface area contributed by atoms with Crippen molar-refractivity contribution in [1.29, 1.82) is 0 Å². The van der Waals surface area contributed by atoms with Gasteiger partial charge in [0.1, 0.15) is 13.2 Å². The summed E-state index contributed by atoms with van der Waals surface area (Å²) in [6.07, 6.45) is 5.18. The van der Waals surface area contributed by atoms with E-state index in [9.17, 15) is 9.59 Å². The first kappa shape index (κ1) is 15.5. The highest BCUT2D eigenvalue weighted by Crippen LogP contribution is 2.12. The van der Waals surface area contributed by atoms with Crippen LogP contribution < -0.4 is 11.0 Å². The average Bonchev–Trinajstić information content (AvgIpc) is 3.03. The van der Waals surface area contributed by atoms with Crippen LogP contribution in [0.3, 0.4) is 0 Å². The number of carbonyl (C=O) groups is 2. The fourth-order valence-corrected chi connectivity index (χ4v) is 2.14. The Hall–Kier alpha value is -3.38. The third kappa shape index (κ3) is 3.04. The van der Waals surface area contributed by atoms with Crippen molar-refractivity contribution in [2.75, 3.05) is 13.2 Å². The number of benzene rings is 1. The van der Waals surface area contributed by atoms with Gasteiger partial charge in [0.25, 0.3) is 5.91 Å². The molecular weight excluding hydrogens is 312 g/mol. The first-order valence-corrected chi connectivity index (χ1v) is 7.07. The van der Waals surface area contributed by atoms with Gasteiger partial charge in [-0.2, -0.15) is 0 Å². The van der Waals surface area contributed by atoms with Gasteiger partial charge in [0.15, 0.2) is 11.5 Å². The number of terminal acetylenes is 1. The van der Waals surface area contributed by atoms with E-state index in [1.54, 1.807) is 0 Å². The molecule has 122 valence electrons. The summed E-state index contributed by atoms with van der Waals surface area (Å²) in [6, 6.07) is 8.95. The summed E-state index contributed by atoms with van der Waals surface area (Å²) >= 11 is 0. The van der Waals surface area contributed by atoms with Crippen molar-refractivity contribution in [2.24, 2.45) is 10.1 Å². The topological polar surface area (TPSA) is 98.6 Å². The first-order chi connectivity index (χ1) is 11.7. The van der Waals surface area contributed by atoms with E-state index in [2.05, 4.69) is 27.0 Å². The van der Waals surface area contributed by atoms with Gasteiger partial charge in [-0.1, -0.05) is 36.3 Å². The molecule has 0 aromatic heterocycles. The van der Waals surface area contributed by atoms with E-state index >= 15 is 0 Å². The van der Waals surface area contributed by atoms with Crippen molar-refractivity contribution in [3.05, 3.63) is 35.9 Å².